The van der Waals surface area contributed by atoms with Gasteiger partial charge in [0.05, 0.1) is 11.0 Å². The normalized spacial score (nSPS) is 22.3. The highest BCUT2D eigenvalue weighted by molar-refractivity contribution is 5.78. The third-order valence-electron chi connectivity index (χ3n) is 3.34. The Morgan fingerprint density at radius 2 is 2.22 bits per heavy atom. The molecule has 2 aliphatic rings. The van der Waals surface area contributed by atoms with Crippen LogP contribution in [0.5, 0.6) is 0 Å². The van der Waals surface area contributed by atoms with Crippen LogP contribution in [0.2, 0.25) is 0 Å². The molecular formula is C12H14N2O4. The highest BCUT2D eigenvalue weighted by atomic mass is 16.6. The molecule has 96 valence electrons. The molecule has 6 heteroatoms. The lowest BCUT2D eigenvalue weighted by Crippen LogP contribution is -2.35. The first-order chi connectivity index (χ1) is 8.32. The topological polar surface area (TPSA) is 92.5 Å². The molecule has 0 aromatic carbocycles. The molecule has 0 fully saturated rings. The lowest BCUT2D eigenvalue weighted by molar-refractivity contribution is -0.419. The zero-order valence-electron chi connectivity index (χ0n) is 10.1. The summed E-state index contributed by atoms with van der Waals surface area (Å²) in [4.78, 5) is 21.4. The Kier molecular flexibility index (Phi) is 2.73. The summed E-state index contributed by atoms with van der Waals surface area (Å²) in [6.07, 6.45) is 5.24. The lowest BCUT2D eigenvalue weighted by Gasteiger charge is -2.23. The predicted molar refractivity (Wildman–Crippen MR) is 64.2 cm³/mol. The van der Waals surface area contributed by atoms with Crippen LogP contribution >= 0.6 is 0 Å². The molecule has 1 aliphatic heterocycles. The van der Waals surface area contributed by atoms with Crippen LogP contribution in [-0.4, -0.2) is 22.0 Å². The minimum Gasteiger partial charge on any atom is -0.481 e. The lowest BCUT2D eigenvalue weighted by atomic mass is 9.89. The van der Waals surface area contributed by atoms with E-state index in [1.165, 1.54) is 6.08 Å². The fourth-order valence-electron chi connectivity index (χ4n) is 1.99. The number of rotatable bonds is 3. The van der Waals surface area contributed by atoms with Crippen LogP contribution < -0.4 is 5.32 Å². The minimum atomic E-state index is -1.02. The van der Waals surface area contributed by atoms with Gasteiger partial charge in [-0.15, -0.1) is 0 Å². The molecular weight excluding hydrogens is 236 g/mol. The molecule has 18 heavy (non-hydrogen) atoms. The quantitative estimate of drug-likeness (QED) is 0.584. The molecule has 2 rings (SSSR count). The SMILES string of the molecule is CC(C)(C(=O)O)C1=CC2=CC([N+](=O)[O-])=CCC2N1. The van der Waals surface area contributed by atoms with Gasteiger partial charge in [0, 0.05) is 11.8 Å². The van der Waals surface area contributed by atoms with E-state index in [1.807, 2.05) is 0 Å². The number of allylic oxidation sites excluding steroid dienone is 1. The van der Waals surface area contributed by atoms with Gasteiger partial charge in [0.2, 0.25) is 0 Å². The van der Waals surface area contributed by atoms with Gasteiger partial charge in [-0.2, -0.15) is 0 Å². The summed E-state index contributed by atoms with van der Waals surface area (Å²) in [6.45, 7) is 3.21. The Morgan fingerprint density at radius 1 is 1.56 bits per heavy atom. The van der Waals surface area contributed by atoms with Gasteiger partial charge in [-0.1, -0.05) is 0 Å². The third-order valence-corrected chi connectivity index (χ3v) is 3.34. The van der Waals surface area contributed by atoms with Crippen molar-refractivity contribution in [3.63, 3.8) is 0 Å². The van der Waals surface area contributed by atoms with Crippen LogP contribution in [0, 0.1) is 15.5 Å². The second-order valence-corrected chi connectivity index (χ2v) is 4.95. The Morgan fingerprint density at radius 3 is 2.78 bits per heavy atom. The zero-order chi connectivity index (χ0) is 13.5. The standard InChI is InChI=1S/C12H14N2O4/c1-12(2,11(15)16)10-6-7-5-8(14(17)18)3-4-9(7)13-10/h3,5-6,9,13H,4H2,1-2H3,(H,15,16). The summed E-state index contributed by atoms with van der Waals surface area (Å²) in [6, 6.07) is -0.0534. The van der Waals surface area contributed by atoms with Gasteiger partial charge < -0.3 is 10.4 Å². The second-order valence-electron chi connectivity index (χ2n) is 4.95. The molecule has 0 radical (unpaired) electrons. The van der Waals surface area contributed by atoms with Crippen LogP contribution in [-0.2, 0) is 4.79 Å². The molecule has 1 aliphatic carbocycles. The number of nitrogens with one attached hydrogen (secondary N) is 1. The van der Waals surface area contributed by atoms with E-state index in [4.69, 9.17) is 5.11 Å². The Hall–Kier alpha value is -2.11. The molecule has 0 saturated heterocycles. The Labute approximate surface area is 104 Å². The summed E-state index contributed by atoms with van der Waals surface area (Å²) < 4.78 is 0. The number of aliphatic carboxylic acids is 1. The van der Waals surface area contributed by atoms with Gasteiger partial charge in [0.25, 0.3) is 5.70 Å². The zero-order valence-corrected chi connectivity index (χ0v) is 10.1. The summed E-state index contributed by atoms with van der Waals surface area (Å²) in [7, 11) is 0. The maximum atomic E-state index is 11.2. The second kappa shape index (κ2) is 3.97. The molecule has 1 unspecified atom stereocenters. The minimum absolute atomic E-state index is 0.0534. The van der Waals surface area contributed by atoms with Crippen molar-refractivity contribution in [1.29, 1.82) is 0 Å². The average molecular weight is 250 g/mol. The summed E-state index contributed by atoms with van der Waals surface area (Å²) in [5, 5.41) is 23.0. The number of fused-ring (bicyclic) bond motifs is 1. The van der Waals surface area contributed by atoms with Crippen molar-refractivity contribution in [1.82, 2.24) is 5.32 Å². The van der Waals surface area contributed by atoms with E-state index in [2.05, 4.69) is 5.32 Å². The number of carbonyl (C=O) groups is 1. The molecule has 2 N–H and O–H groups in total. The van der Waals surface area contributed by atoms with E-state index in [9.17, 15) is 14.9 Å². The molecule has 1 atom stereocenters. The van der Waals surface area contributed by atoms with Crippen molar-refractivity contribution in [3.8, 4) is 0 Å². The van der Waals surface area contributed by atoms with Crippen molar-refractivity contribution >= 4 is 5.97 Å². The molecule has 0 amide bonds. The van der Waals surface area contributed by atoms with Gasteiger partial charge in [0.1, 0.15) is 5.41 Å². The van der Waals surface area contributed by atoms with Gasteiger partial charge >= 0.3 is 5.97 Å². The maximum absolute atomic E-state index is 11.2. The van der Waals surface area contributed by atoms with Crippen molar-refractivity contribution in [2.75, 3.05) is 0 Å². The molecule has 0 spiro atoms. The van der Waals surface area contributed by atoms with E-state index in [0.29, 0.717) is 12.1 Å². The number of carboxylic acid groups (broad SMARTS) is 1. The van der Waals surface area contributed by atoms with Gasteiger partial charge in [0.15, 0.2) is 0 Å². The van der Waals surface area contributed by atoms with Gasteiger partial charge in [-0.3, -0.25) is 14.9 Å². The Balaban J connectivity index is 2.30. The van der Waals surface area contributed by atoms with Crippen molar-refractivity contribution in [2.45, 2.75) is 26.3 Å². The number of nitrogens with zero attached hydrogens (tertiary/aromatic N) is 1. The van der Waals surface area contributed by atoms with Crippen LogP contribution in [0.4, 0.5) is 0 Å². The van der Waals surface area contributed by atoms with Crippen LogP contribution in [0.25, 0.3) is 0 Å². The van der Waals surface area contributed by atoms with Crippen LogP contribution in [0.15, 0.2) is 35.2 Å². The van der Waals surface area contributed by atoms with Crippen molar-refractivity contribution < 1.29 is 14.8 Å². The van der Waals surface area contributed by atoms with E-state index >= 15 is 0 Å². The summed E-state index contributed by atoms with van der Waals surface area (Å²) >= 11 is 0. The monoisotopic (exact) mass is 250 g/mol. The first-order valence-corrected chi connectivity index (χ1v) is 5.60. The molecule has 0 aromatic heterocycles. The van der Waals surface area contributed by atoms with E-state index in [-0.39, 0.29) is 11.7 Å². The maximum Gasteiger partial charge on any atom is 0.315 e. The first kappa shape index (κ1) is 12.3. The van der Waals surface area contributed by atoms with Crippen molar-refractivity contribution in [2.24, 2.45) is 5.41 Å². The van der Waals surface area contributed by atoms with Crippen LogP contribution in [0.3, 0.4) is 0 Å². The largest absolute Gasteiger partial charge is 0.481 e. The summed E-state index contributed by atoms with van der Waals surface area (Å²) in [5.41, 5.74) is 0.402. The average Bonchev–Trinajstić information content (AvgIpc) is 2.71. The van der Waals surface area contributed by atoms with E-state index in [1.54, 1.807) is 26.0 Å². The van der Waals surface area contributed by atoms with E-state index < -0.39 is 16.3 Å². The predicted octanol–water partition coefficient (Wildman–Crippen LogP) is 1.44. The highest BCUT2D eigenvalue weighted by Gasteiger charge is 2.38. The number of carboxylic acids is 1. The third kappa shape index (κ3) is 1.90. The number of hydrogen-bond acceptors (Lipinski definition) is 4. The number of hydrogen-bond donors (Lipinski definition) is 2. The summed E-state index contributed by atoms with van der Waals surface area (Å²) in [5.74, 6) is -0.928. The van der Waals surface area contributed by atoms with Crippen LogP contribution in [0.1, 0.15) is 20.3 Å². The fourth-order valence-corrected chi connectivity index (χ4v) is 1.99. The molecule has 6 nitrogen and oxygen atoms in total. The molecule has 0 bridgehead atoms. The first-order valence-electron chi connectivity index (χ1n) is 5.60. The Bertz CT molecular complexity index is 514. The molecule has 0 saturated carbocycles. The smallest absolute Gasteiger partial charge is 0.315 e. The van der Waals surface area contributed by atoms with E-state index in [0.717, 1.165) is 5.57 Å². The highest BCUT2D eigenvalue weighted by Crippen LogP contribution is 2.34. The van der Waals surface area contributed by atoms with Gasteiger partial charge in [-0.25, -0.2) is 0 Å². The van der Waals surface area contributed by atoms with Gasteiger partial charge in [-0.05, 0) is 38.0 Å². The number of nitro groups is 1. The molecule has 1 heterocycles. The molecule has 0 aromatic rings. The van der Waals surface area contributed by atoms with Crippen molar-refractivity contribution in [3.05, 3.63) is 45.3 Å². The fraction of sp³-hybridized carbons (Fsp3) is 0.417.